The van der Waals surface area contributed by atoms with Crippen LogP contribution in [-0.2, 0) is 7.05 Å². The molecule has 2 rings (SSSR count). The van der Waals surface area contributed by atoms with Crippen LogP contribution in [-0.4, -0.2) is 25.9 Å². The lowest BCUT2D eigenvalue weighted by Gasteiger charge is -2.08. The van der Waals surface area contributed by atoms with E-state index in [1.54, 1.807) is 7.05 Å². The van der Waals surface area contributed by atoms with Crippen molar-refractivity contribution in [2.24, 2.45) is 7.05 Å². The molecular weight excluding hydrogens is 293 g/mol. The lowest BCUT2D eigenvalue weighted by Crippen LogP contribution is -2.21. The number of hydrogen-bond acceptors (Lipinski definition) is 4. The van der Waals surface area contributed by atoms with Gasteiger partial charge < -0.3 is 10.4 Å². The highest BCUT2D eigenvalue weighted by atomic mass is 35.5. The predicted molar refractivity (Wildman–Crippen MR) is 71.8 cm³/mol. The van der Waals surface area contributed by atoms with Crippen LogP contribution in [0.4, 0.5) is 16.4 Å². The number of nitrogens with one attached hydrogen (secondary N) is 2. The highest BCUT2D eigenvalue weighted by Gasteiger charge is 2.10. The standard InChI is InChI=1S/C10H9Cl2N5O2/c1-17-9(13-4-14-17)16-10(19)15-5-2-6(11)8(18)7(12)3-5/h2-4,18H,1H3,(H2,13,14,15,16,19). The van der Waals surface area contributed by atoms with Gasteiger partial charge in [-0.2, -0.15) is 10.1 Å². The normalized spacial score (nSPS) is 10.3. The maximum Gasteiger partial charge on any atom is 0.326 e. The molecule has 0 atom stereocenters. The Balaban J connectivity index is 2.09. The summed E-state index contributed by atoms with van der Waals surface area (Å²) in [5, 5.41) is 18.3. The van der Waals surface area contributed by atoms with Crippen LogP contribution in [0.25, 0.3) is 0 Å². The van der Waals surface area contributed by atoms with Gasteiger partial charge in [-0.1, -0.05) is 23.2 Å². The van der Waals surface area contributed by atoms with Crippen LogP contribution >= 0.6 is 23.2 Å². The Bertz CT molecular complexity index is 605. The summed E-state index contributed by atoms with van der Waals surface area (Å²) in [6.07, 6.45) is 1.31. The molecule has 0 saturated heterocycles. The van der Waals surface area contributed by atoms with Crippen LogP contribution < -0.4 is 10.6 Å². The van der Waals surface area contributed by atoms with Crippen molar-refractivity contribution in [3.63, 3.8) is 0 Å². The van der Waals surface area contributed by atoms with Crippen LogP contribution in [0.15, 0.2) is 18.5 Å². The third-order valence-electron chi connectivity index (χ3n) is 2.21. The third kappa shape index (κ3) is 3.07. The molecule has 19 heavy (non-hydrogen) atoms. The number of benzene rings is 1. The third-order valence-corrected chi connectivity index (χ3v) is 2.79. The Morgan fingerprint density at radius 2 is 1.95 bits per heavy atom. The van der Waals surface area contributed by atoms with E-state index in [4.69, 9.17) is 23.2 Å². The first-order valence-electron chi connectivity index (χ1n) is 5.07. The highest BCUT2D eigenvalue weighted by molar-refractivity contribution is 6.37. The molecule has 0 aliphatic rings. The number of halogens is 2. The number of anilines is 2. The van der Waals surface area contributed by atoms with Crippen molar-refractivity contribution in [1.29, 1.82) is 0 Å². The largest absolute Gasteiger partial charge is 0.505 e. The SMILES string of the molecule is Cn1ncnc1NC(=O)Nc1cc(Cl)c(O)c(Cl)c1. The van der Waals surface area contributed by atoms with Gasteiger partial charge in [-0.15, -0.1) is 0 Å². The summed E-state index contributed by atoms with van der Waals surface area (Å²) in [4.78, 5) is 15.5. The summed E-state index contributed by atoms with van der Waals surface area (Å²) in [7, 11) is 1.64. The molecule has 1 aromatic heterocycles. The van der Waals surface area contributed by atoms with E-state index < -0.39 is 6.03 Å². The van der Waals surface area contributed by atoms with Crippen molar-refractivity contribution >= 4 is 40.9 Å². The van der Waals surface area contributed by atoms with Crippen molar-refractivity contribution in [2.75, 3.05) is 10.6 Å². The summed E-state index contributed by atoms with van der Waals surface area (Å²) in [5.41, 5.74) is 0.340. The maximum absolute atomic E-state index is 11.7. The van der Waals surface area contributed by atoms with E-state index in [1.165, 1.54) is 23.1 Å². The van der Waals surface area contributed by atoms with Crippen LogP contribution in [0.1, 0.15) is 0 Å². The second-order valence-corrected chi connectivity index (χ2v) is 4.39. The van der Waals surface area contributed by atoms with E-state index in [1.807, 2.05) is 0 Å². The zero-order valence-electron chi connectivity index (χ0n) is 9.69. The number of hydrogen-bond donors (Lipinski definition) is 3. The van der Waals surface area contributed by atoms with E-state index in [2.05, 4.69) is 20.7 Å². The van der Waals surface area contributed by atoms with Crippen molar-refractivity contribution in [1.82, 2.24) is 14.8 Å². The average Bonchev–Trinajstić information content (AvgIpc) is 2.72. The Morgan fingerprint density at radius 1 is 1.32 bits per heavy atom. The molecule has 0 fully saturated rings. The molecule has 0 unspecified atom stereocenters. The average molecular weight is 302 g/mol. The van der Waals surface area contributed by atoms with Crippen molar-refractivity contribution in [3.8, 4) is 5.75 Å². The van der Waals surface area contributed by atoms with Gasteiger partial charge in [0.1, 0.15) is 6.33 Å². The zero-order chi connectivity index (χ0) is 14.0. The van der Waals surface area contributed by atoms with Crippen LogP contribution in [0.3, 0.4) is 0 Å². The van der Waals surface area contributed by atoms with Gasteiger partial charge in [0, 0.05) is 12.7 Å². The fourth-order valence-corrected chi connectivity index (χ4v) is 1.80. The quantitative estimate of drug-likeness (QED) is 0.743. The second-order valence-electron chi connectivity index (χ2n) is 3.57. The predicted octanol–water partition coefficient (Wildman–Crippen LogP) is 2.47. The molecule has 100 valence electrons. The fourth-order valence-electron chi connectivity index (χ4n) is 1.31. The van der Waals surface area contributed by atoms with E-state index >= 15 is 0 Å². The molecule has 9 heteroatoms. The summed E-state index contributed by atoms with van der Waals surface area (Å²) in [5.74, 6) is 0.0519. The molecular formula is C10H9Cl2N5O2. The number of amides is 2. The molecule has 0 bridgehead atoms. The van der Waals surface area contributed by atoms with Gasteiger partial charge in [0.15, 0.2) is 5.75 Å². The monoisotopic (exact) mass is 301 g/mol. The Hall–Kier alpha value is -1.99. The van der Waals surface area contributed by atoms with Gasteiger partial charge in [0.2, 0.25) is 5.95 Å². The Morgan fingerprint density at radius 3 is 2.47 bits per heavy atom. The molecule has 0 spiro atoms. The molecule has 1 aromatic carbocycles. The lowest BCUT2D eigenvalue weighted by molar-refractivity contribution is 0.262. The smallest absolute Gasteiger partial charge is 0.326 e. The van der Waals surface area contributed by atoms with Crippen LogP contribution in [0.2, 0.25) is 10.0 Å². The highest BCUT2D eigenvalue weighted by Crippen LogP contribution is 2.34. The molecule has 3 N–H and O–H groups in total. The molecule has 2 aromatic rings. The number of carbonyl (C=O) groups excluding carboxylic acids is 1. The van der Waals surface area contributed by atoms with Gasteiger partial charge in [0.25, 0.3) is 0 Å². The first kappa shape index (κ1) is 13.4. The number of phenols is 1. The van der Waals surface area contributed by atoms with Gasteiger partial charge in [0.05, 0.1) is 10.0 Å². The van der Waals surface area contributed by atoms with Gasteiger partial charge in [-0.05, 0) is 12.1 Å². The van der Waals surface area contributed by atoms with Crippen molar-refractivity contribution in [2.45, 2.75) is 0 Å². The van der Waals surface area contributed by atoms with Crippen molar-refractivity contribution in [3.05, 3.63) is 28.5 Å². The summed E-state index contributed by atoms with van der Waals surface area (Å²) in [6.45, 7) is 0. The number of carbonyl (C=O) groups is 1. The number of nitrogens with zero attached hydrogens (tertiary/aromatic N) is 3. The number of rotatable bonds is 2. The maximum atomic E-state index is 11.7. The topological polar surface area (TPSA) is 92.1 Å². The number of aromatic hydroxyl groups is 1. The summed E-state index contributed by atoms with van der Waals surface area (Å²) >= 11 is 11.5. The molecule has 1 heterocycles. The second kappa shape index (κ2) is 5.33. The minimum atomic E-state index is -0.533. The van der Waals surface area contributed by atoms with Gasteiger partial charge in [-0.3, -0.25) is 5.32 Å². The Labute approximate surface area is 118 Å². The zero-order valence-corrected chi connectivity index (χ0v) is 11.2. The van der Waals surface area contributed by atoms with Gasteiger partial charge in [-0.25, -0.2) is 9.48 Å². The number of phenolic OH excluding ortho intramolecular Hbond substituents is 1. The minimum absolute atomic E-state index is 0.0430. The van der Waals surface area contributed by atoms with E-state index in [-0.39, 0.29) is 21.7 Å². The van der Waals surface area contributed by atoms with Gasteiger partial charge >= 0.3 is 6.03 Å². The van der Waals surface area contributed by atoms with Crippen LogP contribution in [0.5, 0.6) is 5.75 Å². The summed E-state index contributed by atoms with van der Waals surface area (Å²) < 4.78 is 1.40. The number of aryl methyl sites for hydroxylation is 1. The molecule has 0 radical (unpaired) electrons. The molecule has 0 aliphatic heterocycles. The van der Waals surface area contributed by atoms with E-state index in [0.29, 0.717) is 5.69 Å². The number of urea groups is 1. The Kier molecular flexibility index (Phi) is 3.77. The summed E-state index contributed by atoms with van der Waals surface area (Å²) in [6, 6.07) is 2.21. The minimum Gasteiger partial charge on any atom is -0.505 e. The van der Waals surface area contributed by atoms with Crippen LogP contribution in [0, 0.1) is 0 Å². The number of aromatic nitrogens is 3. The molecule has 7 nitrogen and oxygen atoms in total. The van der Waals surface area contributed by atoms with E-state index in [0.717, 1.165) is 0 Å². The molecule has 0 aliphatic carbocycles. The first-order chi connectivity index (χ1) is 8.97. The van der Waals surface area contributed by atoms with Crippen molar-refractivity contribution < 1.29 is 9.90 Å². The fraction of sp³-hybridized carbons (Fsp3) is 0.100. The lowest BCUT2D eigenvalue weighted by atomic mass is 10.3. The molecule has 0 saturated carbocycles. The van der Waals surface area contributed by atoms with E-state index in [9.17, 15) is 9.90 Å². The first-order valence-corrected chi connectivity index (χ1v) is 5.83. The molecule has 2 amide bonds.